The molecule has 1 aliphatic carbocycles. The van der Waals surface area contributed by atoms with Crippen LogP contribution in [0.3, 0.4) is 0 Å². The van der Waals surface area contributed by atoms with Crippen LogP contribution >= 0.6 is 0 Å². The highest BCUT2D eigenvalue weighted by atomic mass is 16.6. The molecule has 0 saturated heterocycles. The number of aromatic hydroxyl groups is 1. The normalized spacial score (nSPS) is 14.6. The van der Waals surface area contributed by atoms with Crippen molar-refractivity contribution in [1.82, 2.24) is 5.32 Å². The van der Waals surface area contributed by atoms with E-state index in [1.807, 2.05) is 55.5 Å². The highest BCUT2D eigenvalue weighted by molar-refractivity contribution is 5.91. The van der Waals surface area contributed by atoms with Crippen molar-refractivity contribution in [2.75, 3.05) is 11.9 Å². The van der Waals surface area contributed by atoms with Gasteiger partial charge >= 0.3 is 11.7 Å². The second-order valence-corrected chi connectivity index (χ2v) is 11.7. The van der Waals surface area contributed by atoms with E-state index in [2.05, 4.69) is 10.6 Å². The van der Waals surface area contributed by atoms with Crippen LogP contribution in [0, 0.1) is 5.92 Å². The average molecular weight is 561 g/mol. The fourth-order valence-corrected chi connectivity index (χ4v) is 5.07. The standard InChI is InChI=1S/C33H40N2O6/c1-5-22(18-21-10-7-6-8-11-21)27-20-26(36)30(31(38)40-27)29(23-14-15-23)24-12-9-13-25(19-24)35-28(37)16-17-34-32(39)41-33(2,3)4/h6-13,19-20,22-23,29,36H,5,14-18H2,1-4H3,(H,34,39)(H,35,37). The van der Waals surface area contributed by atoms with Gasteiger partial charge in [-0.25, -0.2) is 9.59 Å². The van der Waals surface area contributed by atoms with Gasteiger partial charge in [-0.2, -0.15) is 0 Å². The Labute approximate surface area is 241 Å². The van der Waals surface area contributed by atoms with Crippen LogP contribution in [-0.2, 0) is 16.0 Å². The van der Waals surface area contributed by atoms with Crippen molar-refractivity contribution < 1.29 is 23.8 Å². The van der Waals surface area contributed by atoms with Crippen molar-refractivity contribution in [1.29, 1.82) is 0 Å². The molecule has 1 aliphatic rings. The first-order chi connectivity index (χ1) is 19.5. The van der Waals surface area contributed by atoms with Gasteiger partial charge in [-0.05, 0) is 75.6 Å². The molecule has 2 unspecified atom stereocenters. The first-order valence-corrected chi connectivity index (χ1v) is 14.3. The summed E-state index contributed by atoms with van der Waals surface area (Å²) in [7, 11) is 0. The zero-order valence-electron chi connectivity index (χ0n) is 24.2. The van der Waals surface area contributed by atoms with Crippen LogP contribution in [0.1, 0.15) is 87.7 Å². The maximum absolute atomic E-state index is 13.4. The molecular formula is C33H40N2O6. The molecule has 3 aromatic rings. The quantitative estimate of drug-likeness (QED) is 0.247. The van der Waals surface area contributed by atoms with Gasteiger partial charge in [0.05, 0.1) is 5.56 Å². The minimum absolute atomic E-state index is 0.0345. The van der Waals surface area contributed by atoms with Crippen LogP contribution in [0.4, 0.5) is 10.5 Å². The lowest BCUT2D eigenvalue weighted by atomic mass is 9.86. The summed E-state index contributed by atoms with van der Waals surface area (Å²) in [5, 5.41) is 16.6. The first-order valence-electron chi connectivity index (χ1n) is 14.3. The first kappa shape index (κ1) is 29.9. The lowest BCUT2D eigenvalue weighted by Crippen LogP contribution is -2.34. The van der Waals surface area contributed by atoms with Gasteiger partial charge in [-0.15, -0.1) is 0 Å². The number of hydrogen-bond acceptors (Lipinski definition) is 6. The van der Waals surface area contributed by atoms with Crippen molar-refractivity contribution in [3.63, 3.8) is 0 Å². The van der Waals surface area contributed by atoms with Crippen LogP contribution in [0.5, 0.6) is 5.75 Å². The predicted molar refractivity (Wildman–Crippen MR) is 158 cm³/mol. The molecule has 1 saturated carbocycles. The molecule has 218 valence electrons. The van der Waals surface area contributed by atoms with Crippen molar-refractivity contribution in [2.24, 2.45) is 5.92 Å². The Morgan fingerprint density at radius 3 is 2.44 bits per heavy atom. The highest BCUT2D eigenvalue weighted by Crippen LogP contribution is 2.48. The molecule has 0 bridgehead atoms. The predicted octanol–water partition coefficient (Wildman–Crippen LogP) is 6.48. The zero-order chi connectivity index (χ0) is 29.6. The van der Waals surface area contributed by atoms with Crippen LogP contribution in [-0.4, -0.2) is 29.3 Å². The summed E-state index contributed by atoms with van der Waals surface area (Å²) in [4.78, 5) is 37.7. The smallest absolute Gasteiger partial charge is 0.407 e. The van der Waals surface area contributed by atoms with Crippen LogP contribution in [0.2, 0.25) is 0 Å². The van der Waals surface area contributed by atoms with Crippen molar-refractivity contribution in [2.45, 2.75) is 77.2 Å². The van der Waals surface area contributed by atoms with E-state index in [1.54, 1.807) is 32.9 Å². The molecule has 1 fully saturated rings. The maximum Gasteiger partial charge on any atom is 0.407 e. The highest BCUT2D eigenvalue weighted by Gasteiger charge is 2.37. The maximum atomic E-state index is 13.4. The Morgan fingerprint density at radius 2 is 1.80 bits per heavy atom. The lowest BCUT2D eigenvalue weighted by Gasteiger charge is -2.20. The van der Waals surface area contributed by atoms with Gasteiger partial charge in [-0.3, -0.25) is 4.79 Å². The minimum atomic E-state index is -0.614. The zero-order valence-corrected chi connectivity index (χ0v) is 24.2. The van der Waals surface area contributed by atoms with E-state index >= 15 is 0 Å². The van der Waals surface area contributed by atoms with E-state index < -0.39 is 17.3 Å². The average Bonchev–Trinajstić information content (AvgIpc) is 3.74. The van der Waals surface area contributed by atoms with E-state index in [0.717, 1.165) is 30.4 Å². The molecule has 2 aromatic carbocycles. The molecule has 8 heteroatoms. The molecule has 0 aliphatic heterocycles. The molecule has 8 nitrogen and oxygen atoms in total. The second-order valence-electron chi connectivity index (χ2n) is 11.7. The number of hydrogen-bond donors (Lipinski definition) is 3. The number of rotatable bonds is 11. The van der Waals surface area contributed by atoms with Crippen molar-refractivity contribution >= 4 is 17.7 Å². The number of carbonyl (C=O) groups excluding carboxylic acids is 2. The molecule has 0 radical (unpaired) electrons. The van der Waals surface area contributed by atoms with Gasteiger partial charge in [0.2, 0.25) is 5.91 Å². The monoisotopic (exact) mass is 560 g/mol. The molecule has 2 atom stereocenters. The van der Waals surface area contributed by atoms with Gasteiger partial charge in [0.1, 0.15) is 17.1 Å². The number of anilines is 1. The summed E-state index contributed by atoms with van der Waals surface area (Å²) in [6.07, 6.45) is 2.84. The van der Waals surface area contributed by atoms with E-state index in [1.165, 1.54) is 0 Å². The number of ether oxygens (including phenoxy) is 1. The van der Waals surface area contributed by atoms with Gasteiger partial charge < -0.3 is 24.9 Å². The van der Waals surface area contributed by atoms with Crippen molar-refractivity contribution in [3.8, 4) is 5.75 Å². The number of amides is 2. The third kappa shape index (κ3) is 8.46. The van der Waals surface area contributed by atoms with Gasteiger partial charge in [0.15, 0.2) is 0 Å². The lowest BCUT2D eigenvalue weighted by molar-refractivity contribution is -0.116. The summed E-state index contributed by atoms with van der Waals surface area (Å²) in [5.74, 6) is -0.0183. The third-order valence-electron chi connectivity index (χ3n) is 7.16. The molecule has 1 heterocycles. The van der Waals surface area contributed by atoms with Gasteiger partial charge in [0, 0.05) is 36.6 Å². The Morgan fingerprint density at radius 1 is 1.07 bits per heavy atom. The Hall–Kier alpha value is -4.07. The van der Waals surface area contributed by atoms with E-state index in [0.29, 0.717) is 17.9 Å². The Bertz CT molecular complexity index is 1410. The Kier molecular flexibility index (Phi) is 9.53. The Balaban J connectivity index is 1.48. The molecule has 3 N–H and O–H groups in total. The van der Waals surface area contributed by atoms with Crippen LogP contribution < -0.4 is 16.3 Å². The summed E-state index contributed by atoms with van der Waals surface area (Å²) in [6, 6.07) is 18.9. The second kappa shape index (κ2) is 13.1. The number of benzene rings is 2. The number of carbonyl (C=O) groups is 2. The molecule has 41 heavy (non-hydrogen) atoms. The van der Waals surface area contributed by atoms with Gasteiger partial charge in [-0.1, -0.05) is 49.4 Å². The fraction of sp³-hybridized carbons (Fsp3) is 0.424. The molecule has 1 aromatic heterocycles. The van der Waals surface area contributed by atoms with E-state index in [9.17, 15) is 19.5 Å². The third-order valence-corrected chi connectivity index (χ3v) is 7.16. The largest absolute Gasteiger partial charge is 0.507 e. The van der Waals surface area contributed by atoms with E-state index in [4.69, 9.17) is 9.15 Å². The number of nitrogens with one attached hydrogen (secondary N) is 2. The number of alkyl carbamates (subject to hydrolysis) is 1. The minimum Gasteiger partial charge on any atom is -0.507 e. The fourth-order valence-electron chi connectivity index (χ4n) is 5.07. The summed E-state index contributed by atoms with van der Waals surface area (Å²) in [6.45, 7) is 7.49. The molecule has 2 amide bonds. The van der Waals surface area contributed by atoms with Gasteiger partial charge in [0.25, 0.3) is 0 Å². The van der Waals surface area contributed by atoms with Crippen molar-refractivity contribution in [3.05, 3.63) is 93.5 Å². The molecular weight excluding hydrogens is 520 g/mol. The SMILES string of the molecule is CCC(Cc1ccccc1)c1cc(O)c(C(c2cccc(NC(=O)CCNC(=O)OC(C)(C)C)c2)C2CC2)c(=O)o1. The van der Waals surface area contributed by atoms with Crippen LogP contribution in [0.15, 0.2) is 69.9 Å². The van der Waals surface area contributed by atoms with E-state index in [-0.39, 0.29) is 47.9 Å². The summed E-state index contributed by atoms with van der Waals surface area (Å²) in [5.41, 5.74) is 1.66. The molecule has 4 rings (SSSR count). The van der Waals surface area contributed by atoms with Crippen LogP contribution in [0.25, 0.3) is 0 Å². The summed E-state index contributed by atoms with van der Waals surface area (Å²) < 4.78 is 11.0. The molecule has 0 spiro atoms. The topological polar surface area (TPSA) is 118 Å². The summed E-state index contributed by atoms with van der Waals surface area (Å²) >= 11 is 0.